The van der Waals surface area contributed by atoms with Gasteiger partial charge in [-0.25, -0.2) is 0 Å². The molecule has 0 radical (unpaired) electrons. The van der Waals surface area contributed by atoms with Gasteiger partial charge in [0.1, 0.15) is 0 Å². The molecule has 1 saturated heterocycles. The minimum Gasteiger partial charge on any atom is -0.306 e. The minimum atomic E-state index is 0.547. The van der Waals surface area contributed by atoms with Crippen LogP contribution in [0.25, 0.3) is 0 Å². The summed E-state index contributed by atoms with van der Waals surface area (Å²) in [6, 6.07) is 5.64. The lowest BCUT2D eigenvalue weighted by molar-refractivity contribution is 0.165. The molecule has 3 atom stereocenters. The van der Waals surface area contributed by atoms with Crippen molar-refractivity contribution in [3.05, 3.63) is 22.4 Å². The second kappa shape index (κ2) is 5.98. The van der Waals surface area contributed by atoms with Crippen LogP contribution in [0.15, 0.2) is 17.5 Å². The average Bonchev–Trinajstić information content (AvgIpc) is 2.81. The highest BCUT2D eigenvalue weighted by Gasteiger charge is 2.26. The highest BCUT2D eigenvalue weighted by Crippen LogP contribution is 2.25. The molecule has 3 unspecified atom stereocenters. The maximum Gasteiger partial charge on any atom is 0.0414 e. The molecule has 2 heterocycles. The predicted molar refractivity (Wildman–Crippen MR) is 75.6 cm³/mol. The van der Waals surface area contributed by atoms with Crippen LogP contribution in [-0.2, 0) is 0 Å². The summed E-state index contributed by atoms with van der Waals surface area (Å²) in [5.74, 6) is 0.753. The largest absolute Gasteiger partial charge is 0.306 e. The summed E-state index contributed by atoms with van der Waals surface area (Å²) < 4.78 is 0. The van der Waals surface area contributed by atoms with Crippen LogP contribution >= 0.6 is 11.3 Å². The molecule has 0 bridgehead atoms. The fourth-order valence-corrected chi connectivity index (χ4v) is 3.62. The van der Waals surface area contributed by atoms with Gasteiger partial charge in [0.05, 0.1) is 0 Å². The molecule has 2 rings (SSSR count). The van der Waals surface area contributed by atoms with Gasteiger partial charge in [-0.2, -0.15) is 0 Å². The molecule has 0 spiro atoms. The van der Waals surface area contributed by atoms with Crippen LogP contribution in [0.1, 0.15) is 37.6 Å². The van der Waals surface area contributed by atoms with Crippen LogP contribution in [0.3, 0.4) is 0 Å². The second-order valence-corrected chi connectivity index (χ2v) is 6.26. The van der Waals surface area contributed by atoms with Gasteiger partial charge >= 0.3 is 0 Å². The van der Waals surface area contributed by atoms with Gasteiger partial charge < -0.3 is 10.2 Å². The van der Waals surface area contributed by atoms with Gasteiger partial charge in [-0.3, -0.25) is 0 Å². The molecule has 1 fully saturated rings. The van der Waals surface area contributed by atoms with Crippen molar-refractivity contribution in [3.8, 4) is 0 Å². The molecule has 1 aromatic rings. The molecule has 3 heteroatoms. The number of rotatable bonds is 4. The Morgan fingerprint density at radius 1 is 1.59 bits per heavy atom. The molecule has 0 amide bonds. The lowest BCUT2D eigenvalue weighted by Gasteiger charge is -2.37. The van der Waals surface area contributed by atoms with Gasteiger partial charge in [0.2, 0.25) is 0 Å². The first-order chi connectivity index (χ1) is 8.20. The van der Waals surface area contributed by atoms with Crippen LogP contribution in [-0.4, -0.2) is 31.1 Å². The average molecular weight is 252 g/mol. The topological polar surface area (TPSA) is 15.3 Å². The minimum absolute atomic E-state index is 0.547. The summed E-state index contributed by atoms with van der Waals surface area (Å²) in [7, 11) is 2.23. The standard InChI is InChI=1S/C14H24N2S/c1-4-12(14-6-5-9-17-14)15-13-7-8-16(3)10-11(13)2/h5-6,9,11-13,15H,4,7-8,10H2,1-3H3. The van der Waals surface area contributed by atoms with Gasteiger partial charge in [0, 0.05) is 23.5 Å². The fraction of sp³-hybridized carbons (Fsp3) is 0.714. The SMILES string of the molecule is CCC(NC1CCN(C)CC1C)c1cccs1. The van der Waals surface area contributed by atoms with E-state index in [4.69, 9.17) is 0 Å². The van der Waals surface area contributed by atoms with Crippen molar-refractivity contribution in [2.24, 2.45) is 5.92 Å². The number of nitrogens with zero attached hydrogens (tertiary/aromatic N) is 1. The second-order valence-electron chi connectivity index (χ2n) is 5.28. The van der Waals surface area contributed by atoms with Crippen LogP contribution in [0.4, 0.5) is 0 Å². The van der Waals surface area contributed by atoms with Gasteiger partial charge in [-0.1, -0.05) is 19.9 Å². The van der Waals surface area contributed by atoms with E-state index in [0.717, 1.165) is 5.92 Å². The first-order valence-electron chi connectivity index (χ1n) is 6.68. The van der Waals surface area contributed by atoms with E-state index < -0.39 is 0 Å². The highest BCUT2D eigenvalue weighted by atomic mass is 32.1. The Kier molecular flexibility index (Phi) is 4.60. The van der Waals surface area contributed by atoms with E-state index in [1.807, 2.05) is 11.3 Å². The Bertz CT molecular complexity index is 323. The Morgan fingerprint density at radius 2 is 2.41 bits per heavy atom. The summed E-state index contributed by atoms with van der Waals surface area (Å²) in [5, 5.41) is 6.04. The molecule has 0 aliphatic carbocycles. The molecule has 17 heavy (non-hydrogen) atoms. The van der Waals surface area contributed by atoms with Crippen molar-refractivity contribution in [1.82, 2.24) is 10.2 Å². The quantitative estimate of drug-likeness (QED) is 0.885. The van der Waals surface area contributed by atoms with Crippen molar-refractivity contribution in [2.45, 2.75) is 38.8 Å². The van der Waals surface area contributed by atoms with Crippen LogP contribution in [0.5, 0.6) is 0 Å². The van der Waals surface area contributed by atoms with Gasteiger partial charge in [0.25, 0.3) is 0 Å². The van der Waals surface area contributed by atoms with Gasteiger partial charge in [0.15, 0.2) is 0 Å². The molecule has 2 nitrogen and oxygen atoms in total. The molecule has 1 aromatic heterocycles. The molecule has 1 aliphatic rings. The van der Waals surface area contributed by atoms with E-state index in [9.17, 15) is 0 Å². The van der Waals surface area contributed by atoms with E-state index in [1.54, 1.807) is 0 Å². The van der Waals surface area contributed by atoms with Crippen molar-refractivity contribution in [1.29, 1.82) is 0 Å². The third-order valence-corrected chi connectivity index (χ3v) is 4.80. The Hall–Kier alpha value is -0.380. The summed E-state index contributed by atoms with van der Waals surface area (Å²) in [5.41, 5.74) is 0. The molecule has 96 valence electrons. The van der Waals surface area contributed by atoms with Gasteiger partial charge in [-0.15, -0.1) is 11.3 Å². The summed E-state index contributed by atoms with van der Waals surface area (Å²) in [6.45, 7) is 7.09. The summed E-state index contributed by atoms with van der Waals surface area (Å²) in [6.07, 6.45) is 2.46. The van der Waals surface area contributed by atoms with Crippen molar-refractivity contribution >= 4 is 11.3 Å². The number of hydrogen-bond donors (Lipinski definition) is 1. The zero-order valence-corrected chi connectivity index (χ0v) is 12.0. The number of hydrogen-bond acceptors (Lipinski definition) is 3. The number of thiophene rings is 1. The number of likely N-dealkylation sites (tertiary alicyclic amines) is 1. The Balaban J connectivity index is 1.95. The van der Waals surface area contributed by atoms with Crippen molar-refractivity contribution in [3.63, 3.8) is 0 Å². The molecule has 0 saturated carbocycles. The normalized spacial score (nSPS) is 28.2. The summed E-state index contributed by atoms with van der Waals surface area (Å²) >= 11 is 1.87. The molecule has 1 aliphatic heterocycles. The molecule has 0 aromatic carbocycles. The molecule has 1 N–H and O–H groups in total. The highest BCUT2D eigenvalue weighted by molar-refractivity contribution is 7.10. The zero-order valence-electron chi connectivity index (χ0n) is 11.1. The smallest absolute Gasteiger partial charge is 0.0414 e. The predicted octanol–water partition coefficient (Wildman–Crippen LogP) is 3.13. The first kappa shape index (κ1) is 13.1. The van der Waals surface area contributed by atoms with Crippen molar-refractivity contribution in [2.75, 3.05) is 20.1 Å². The maximum atomic E-state index is 3.86. The molecular formula is C14H24N2S. The van der Waals surface area contributed by atoms with Crippen LogP contribution in [0.2, 0.25) is 0 Å². The zero-order chi connectivity index (χ0) is 12.3. The Labute approximate surface area is 109 Å². The van der Waals surface area contributed by atoms with E-state index in [1.165, 1.54) is 30.8 Å². The Morgan fingerprint density at radius 3 is 3.00 bits per heavy atom. The third-order valence-electron chi connectivity index (χ3n) is 3.82. The summed E-state index contributed by atoms with van der Waals surface area (Å²) in [4.78, 5) is 3.92. The molecular weight excluding hydrogens is 228 g/mol. The fourth-order valence-electron chi connectivity index (χ4n) is 2.75. The van der Waals surface area contributed by atoms with Crippen molar-refractivity contribution < 1.29 is 0 Å². The van der Waals surface area contributed by atoms with E-state index in [-0.39, 0.29) is 0 Å². The monoisotopic (exact) mass is 252 g/mol. The maximum absolute atomic E-state index is 3.86. The number of nitrogens with one attached hydrogen (secondary N) is 1. The lowest BCUT2D eigenvalue weighted by atomic mass is 9.93. The van der Waals surface area contributed by atoms with Crippen LogP contribution < -0.4 is 5.32 Å². The lowest BCUT2D eigenvalue weighted by Crippen LogP contribution is -2.47. The first-order valence-corrected chi connectivity index (χ1v) is 7.56. The number of piperidine rings is 1. The van der Waals surface area contributed by atoms with Crippen LogP contribution in [0, 0.1) is 5.92 Å². The van der Waals surface area contributed by atoms with Gasteiger partial charge in [-0.05, 0) is 43.8 Å². The third kappa shape index (κ3) is 3.30. The van der Waals surface area contributed by atoms with E-state index >= 15 is 0 Å². The van der Waals surface area contributed by atoms with E-state index in [0.29, 0.717) is 12.1 Å². The van der Waals surface area contributed by atoms with E-state index in [2.05, 4.69) is 48.6 Å².